The number of rotatable bonds is 6. The van der Waals surface area contributed by atoms with Crippen molar-refractivity contribution in [1.82, 2.24) is 10.3 Å². The fourth-order valence-electron chi connectivity index (χ4n) is 1.29. The van der Waals surface area contributed by atoms with Crippen LogP contribution in [0.5, 0.6) is 0 Å². The maximum absolute atomic E-state index is 9.12. The molecule has 0 amide bonds. The summed E-state index contributed by atoms with van der Waals surface area (Å²) in [4.78, 5) is 4.18. The van der Waals surface area contributed by atoms with E-state index >= 15 is 0 Å². The molecular weight excluding hydrogens is 208 g/mol. The van der Waals surface area contributed by atoms with Crippen LogP contribution in [0.15, 0.2) is 18.3 Å². The van der Waals surface area contributed by atoms with Gasteiger partial charge in [0.2, 0.25) is 0 Å². The first-order chi connectivity index (χ1) is 7.67. The second-order valence-corrected chi connectivity index (χ2v) is 3.88. The van der Waals surface area contributed by atoms with E-state index in [1.807, 2.05) is 19.1 Å². The molecule has 0 aliphatic heterocycles. The molecule has 1 heterocycles. The van der Waals surface area contributed by atoms with Crippen molar-refractivity contribution in [3.8, 4) is 0 Å². The molecule has 0 fully saturated rings. The summed E-state index contributed by atoms with van der Waals surface area (Å²) < 4.78 is 0. The summed E-state index contributed by atoms with van der Waals surface area (Å²) in [6, 6.07) is 3.78. The SMILES string of the molecule is Cc1cccnc1CNC(CO)(CO)CO. The Balaban J connectivity index is 2.66. The minimum atomic E-state index is -1.05. The molecule has 1 rings (SSSR count). The highest BCUT2D eigenvalue weighted by molar-refractivity contribution is 5.17. The predicted molar refractivity (Wildman–Crippen MR) is 59.8 cm³/mol. The minimum Gasteiger partial charge on any atom is -0.394 e. The van der Waals surface area contributed by atoms with Crippen molar-refractivity contribution in [3.05, 3.63) is 29.6 Å². The van der Waals surface area contributed by atoms with E-state index in [1.54, 1.807) is 6.20 Å². The normalized spacial score (nSPS) is 11.8. The third-order valence-electron chi connectivity index (χ3n) is 2.66. The zero-order valence-electron chi connectivity index (χ0n) is 9.35. The fourth-order valence-corrected chi connectivity index (χ4v) is 1.29. The lowest BCUT2D eigenvalue weighted by Gasteiger charge is -2.28. The standard InChI is InChI=1S/C11H18N2O3/c1-9-3-2-4-12-10(9)5-13-11(6-14,7-15)8-16/h2-4,13-16H,5-8H2,1H3. The van der Waals surface area contributed by atoms with Crippen molar-refractivity contribution in [2.75, 3.05) is 19.8 Å². The van der Waals surface area contributed by atoms with Crippen molar-refractivity contribution < 1.29 is 15.3 Å². The van der Waals surface area contributed by atoms with Gasteiger partial charge in [-0.15, -0.1) is 0 Å². The first-order valence-electron chi connectivity index (χ1n) is 5.15. The zero-order chi connectivity index (χ0) is 12.0. The Hall–Kier alpha value is -1.01. The highest BCUT2D eigenvalue weighted by Crippen LogP contribution is 2.07. The van der Waals surface area contributed by atoms with Gasteiger partial charge in [-0.25, -0.2) is 0 Å². The Labute approximate surface area is 94.8 Å². The van der Waals surface area contributed by atoms with Crippen LogP contribution in [0.2, 0.25) is 0 Å². The predicted octanol–water partition coefficient (Wildman–Crippen LogP) is -0.805. The molecule has 0 saturated heterocycles. The number of nitrogens with one attached hydrogen (secondary N) is 1. The maximum Gasteiger partial charge on any atom is 0.0884 e. The van der Waals surface area contributed by atoms with Crippen LogP contribution in [-0.2, 0) is 6.54 Å². The van der Waals surface area contributed by atoms with Crippen LogP contribution in [-0.4, -0.2) is 45.7 Å². The molecule has 0 aromatic carbocycles. The van der Waals surface area contributed by atoms with Crippen molar-refractivity contribution in [2.24, 2.45) is 0 Å². The number of hydrogen-bond donors (Lipinski definition) is 4. The van der Waals surface area contributed by atoms with Gasteiger partial charge in [0.15, 0.2) is 0 Å². The van der Waals surface area contributed by atoms with Gasteiger partial charge in [0, 0.05) is 12.7 Å². The van der Waals surface area contributed by atoms with Gasteiger partial charge in [0.25, 0.3) is 0 Å². The number of aliphatic hydroxyl groups excluding tert-OH is 3. The quantitative estimate of drug-likeness (QED) is 0.510. The lowest BCUT2D eigenvalue weighted by Crippen LogP contribution is -2.54. The van der Waals surface area contributed by atoms with Gasteiger partial charge in [-0.05, 0) is 18.6 Å². The summed E-state index contributed by atoms with van der Waals surface area (Å²) >= 11 is 0. The number of pyridine rings is 1. The number of aromatic nitrogens is 1. The van der Waals surface area contributed by atoms with E-state index in [2.05, 4.69) is 10.3 Å². The molecule has 0 aliphatic carbocycles. The fraction of sp³-hybridized carbons (Fsp3) is 0.545. The van der Waals surface area contributed by atoms with Gasteiger partial charge in [0.1, 0.15) is 0 Å². The molecule has 4 N–H and O–H groups in total. The van der Waals surface area contributed by atoms with Gasteiger partial charge in [-0.2, -0.15) is 0 Å². The smallest absolute Gasteiger partial charge is 0.0884 e. The first-order valence-corrected chi connectivity index (χ1v) is 5.15. The van der Waals surface area contributed by atoms with Gasteiger partial charge >= 0.3 is 0 Å². The van der Waals surface area contributed by atoms with Gasteiger partial charge in [-0.1, -0.05) is 6.07 Å². The Morgan fingerprint density at radius 3 is 2.38 bits per heavy atom. The lowest BCUT2D eigenvalue weighted by molar-refractivity contribution is 0.0411. The molecule has 16 heavy (non-hydrogen) atoms. The molecule has 0 radical (unpaired) electrons. The third kappa shape index (κ3) is 2.99. The minimum absolute atomic E-state index is 0.327. The van der Waals surface area contributed by atoms with Crippen molar-refractivity contribution in [2.45, 2.75) is 19.0 Å². The van der Waals surface area contributed by atoms with Crippen LogP contribution < -0.4 is 5.32 Å². The van der Waals surface area contributed by atoms with E-state index in [-0.39, 0.29) is 19.8 Å². The summed E-state index contributed by atoms with van der Waals surface area (Å²) in [6.45, 7) is 1.35. The van der Waals surface area contributed by atoms with Crippen LogP contribution in [0.25, 0.3) is 0 Å². The topological polar surface area (TPSA) is 85.6 Å². The summed E-state index contributed by atoms with van der Waals surface area (Å²) in [5.74, 6) is 0. The Morgan fingerprint density at radius 1 is 1.25 bits per heavy atom. The molecule has 0 bridgehead atoms. The van der Waals surface area contributed by atoms with Crippen LogP contribution in [0.4, 0.5) is 0 Å². The third-order valence-corrected chi connectivity index (χ3v) is 2.66. The van der Waals surface area contributed by atoms with Crippen molar-refractivity contribution >= 4 is 0 Å². The lowest BCUT2D eigenvalue weighted by atomic mass is 10.0. The molecule has 0 atom stereocenters. The van der Waals surface area contributed by atoms with Crippen molar-refractivity contribution in [3.63, 3.8) is 0 Å². The van der Waals surface area contributed by atoms with Crippen LogP contribution in [0.3, 0.4) is 0 Å². The summed E-state index contributed by atoms with van der Waals surface area (Å²) in [5.41, 5.74) is 0.809. The second-order valence-electron chi connectivity index (χ2n) is 3.88. The first kappa shape index (κ1) is 13.1. The molecular formula is C11H18N2O3. The summed E-state index contributed by atoms with van der Waals surface area (Å²) in [6.07, 6.45) is 1.68. The maximum atomic E-state index is 9.12. The van der Waals surface area contributed by atoms with Gasteiger partial charge in [-0.3, -0.25) is 10.3 Å². The van der Waals surface area contributed by atoms with Crippen molar-refractivity contribution in [1.29, 1.82) is 0 Å². The zero-order valence-corrected chi connectivity index (χ0v) is 9.35. The number of aryl methyl sites for hydroxylation is 1. The highest BCUT2D eigenvalue weighted by atomic mass is 16.3. The Morgan fingerprint density at radius 2 is 1.88 bits per heavy atom. The molecule has 1 aromatic heterocycles. The Bertz CT molecular complexity index is 318. The average Bonchev–Trinajstić information content (AvgIpc) is 2.34. The molecule has 90 valence electrons. The molecule has 0 aliphatic rings. The number of hydrogen-bond acceptors (Lipinski definition) is 5. The van der Waals surface area contributed by atoms with Crippen LogP contribution in [0, 0.1) is 6.92 Å². The van der Waals surface area contributed by atoms with E-state index in [1.165, 1.54) is 0 Å². The molecule has 0 saturated carbocycles. The van der Waals surface area contributed by atoms with E-state index in [0.29, 0.717) is 6.54 Å². The molecule has 5 heteroatoms. The Kier molecular flexibility index (Phi) is 4.82. The molecule has 0 unspecified atom stereocenters. The van der Waals surface area contributed by atoms with E-state index < -0.39 is 5.54 Å². The second kappa shape index (κ2) is 5.91. The van der Waals surface area contributed by atoms with E-state index in [9.17, 15) is 0 Å². The number of aliphatic hydroxyl groups is 3. The molecule has 5 nitrogen and oxygen atoms in total. The number of nitrogens with zero attached hydrogens (tertiary/aromatic N) is 1. The largest absolute Gasteiger partial charge is 0.394 e. The molecule has 0 spiro atoms. The summed E-state index contributed by atoms with van der Waals surface area (Å²) in [7, 11) is 0. The van der Waals surface area contributed by atoms with Crippen LogP contribution in [0.1, 0.15) is 11.3 Å². The van der Waals surface area contributed by atoms with Crippen LogP contribution >= 0.6 is 0 Å². The van der Waals surface area contributed by atoms with Gasteiger partial charge in [0.05, 0.1) is 31.1 Å². The molecule has 1 aromatic rings. The van der Waals surface area contributed by atoms with E-state index in [4.69, 9.17) is 15.3 Å². The monoisotopic (exact) mass is 226 g/mol. The average molecular weight is 226 g/mol. The van der Waals surface area contributed by atoms with Gasteiger partial charge < -0.3 is 15.3 Å². The summed E-state index contributed by atoms with van der Waals surface area (Å²) in [5, 5.41) is 30.3. The van der Waals surface area contributed by atoms with E-state index in [0.717, 1.165) is 11.3 Å². The highest BCUT2D eigenvalue weighted by Gasteiger charge is 2.27.